The first-order chi connectivity index (χ1) is 18.2. The van der Waals surface area contributed by atoms with Crippen molar-refractivity contribution >= 4 is 11.9 Å². The summed E-state index contributed by atoms with van der Waals surface area (Å²) < 4.78 is 0. The molecule has 1 heterocycles. The Morgan fingerprint density at radius 1 is 1.03 bits per heavy atom. The number of benzene rings is 3. The summed E-state index contributed by atoms with van der Waals surface area (Å²) in [5, 5.41) is 15.6. The molecule has 38 heavy (non-hydrogen) atoms. The summed E-state index contributed by atoms with van der Waals surface area (Å²) in [6, 6.07) is 24.1. The zero-order chi connectivity index (χ0) is 26.9. The van der Waals surface area contributed by atoms with E-state index < -0.39 is 0 Å². The van der Waals surface area contributed by atoms with Crippen LogP contribution in [0, 0.1) is 17.2 Å². The number of nitriles is 1. The summed E-state index contributed by atoms with van der Waals surface area (Å²) in [6.07, 6.45) is 1.59. The maximum Gasteiger partial charge on any atom is 0.318 e. The van der Waals surface area contributed by atoms with Gasteiger partial charge in [-0.25, -0.2) is 4.79 Å². The van der Waals surface area contributed by atoms with Crippen molar-refractivity contribution in [3.05, 3.63) is 94.5 Å². The van der Waals surface area contributed by atoms with Gasteiger partial charge >= 0.3 is 6.03 Å². The minimum Gasteiger partial charge on any atom is -0.352 e. The molecule has 3 amide bonds. The Labute approximate surface area is 224 Å². The largest absolute Gasteiger partial charge is 0.352 e. The number of hydrogen-bond donors (Lipinski definition) is 2. The standard InChI is InChI=1S/C32H34N4O2/c1-32(2,3)35-31(38)36-15-14-26-25(23-11-7-8-21(16-23)18-33)13-12-24(29(26)20-36)19-34-30(37)28-17-27(28)22-9-5-4-6-10-22/h4-13,16,27-28H,14-15,17,19-20H2,1-3H3,(H,34,37)(H,35,38)/t27-,28+/m0/s1. The van der Waals surface area contributed by atoms with Gasteiger partial charge in [-0.15, -0.1) is 0 Å². The van der Waals surface area contributed by atoms with Gasteiger partial charge < -0.3 is 15.5 Å². The molecule has 0 saturated heterocycles. The van der Waals surface area contributed by atoms with E-state index in [2.05, 4.69) is 41.0 Å². The third-order valence-corrected chi connectivity index (χ3v) is 7.39. The van der Waals surface area contributed by atoms with E-state index in [-0.39, 0.29) is 29.3 Å². The molecule has 0 bridgehead atoms. The fourth-order valence-corrected chi connectivity index (χ4v) is 5.37. The maximum absolute atomic E-state index is 13.0. The van der Waals surface area contributed by atoms with Crippen LogP contribution in [0.1, 0.15) is 60.9 Å². The molecule has 3 aromatic rings. The Bertz CT molecular complexity index is 1400. The second kappa shape index (κ2) is 10.3. The van der Waals surface area contributed by atoms with Crippen LogP contribution in [-0.4, -0.2) is 28.9 Å². The molecule has 0 spiro atoms. The van der Waals surface area contributed by atoms with E-state index in [0.717, 1.165) is 28.7 Å². The Balaban J connectivity index is 1.39. The average Bonchev–Trinajstić information content (AvgIpc) is 3.72. The predicted molar refractivity (Wildman–Crippen MR) is 148 cm³/mol. The van der Waals surface area contributed by atoms with Crippen molar-refractivity contribution in [1.29, 1.82) is 5.26 Å². The topological polar surface area (TPSA) is 85.2 Å². The molecular formula is C32H34N4O2. The number of amides is 3. The van der Waals surface area contributed by atoms with Crippen LogP contribution in [0.25, 0.3) is 11.1 Å². The molecule has 6 heteroatoms. The number of rotatable bonds is 5. The van der Waals surface area contributed by atoms with Gasteiger partial charge in [0.2, 0.25) is 5.91 Å². The number of fused-ring (bicyclic) bond motifs is 1. The molecule has 0 aromatic heterocycles. The lowest BCUT2D eigenvalue weighted by Gasteiger charge is -2.34. The first-order valence-electron chi connectivity index (χ1n) is 13.3. The molecule has 6 nitrogen and oxygen atoms in total. The van der Waals surface area contributed by atoms with Crippen LogP contribution in [0.4, 0.5) is 4.79 Å². The molecule has 1 saturated carbocycles. The quantitative estimate of drug-likeness (QED) is 0.478. The molecule has 194 valence electrons. The Morgan fingerprint density at radius 2 is 1.82 bits per heavy atom. The van der Waals surface area contributed by atoms with Gasteiger partial charge in [0, 0.05) is 31.1 Å². The summed E-state index contributed by atoms with van der Waals surface area (Å²) in [5.74, 6) is 0.378. The third-order valence-electron chi connectivity index (χ3n) is 7.39. The SMILES string of the molecule is CC(C)(C)NC(=O)N1CCc2c(-c3cccc(C#N)c3)ccc(CNC(=O)[C@@H]3C[C@H]3c3ccccc3)c2C1. The number of nitrogens with zero attached hydrogens (tertiary/aromatic N) is 2. The highest BCUT2D eigenvalue weighted by Gasteiger charge is 2.43. The fraction of sp³-hybridized carbons (Fsp3) is 0.344. The highest BCUT2D eigenvalue weighted by atomic mass is 16.2. The summed E-state index contributed by atoms with van der Waals surface area (Å²) in [7, 11) is 0. The summed E-state index contributed by atoms with van der Waals surface area (Å²) >= 11 is 0. The summed E-state index contributed by atoms with van der Waals surface area (Å²) in [4.78, 5) is 27.9. The van der Waals surface area contributed by atoms with Crippen LogP contribution in [0.5, 0.6) is 0 Å². The number of carbonyl (C=O) groups excluding carboxylic acids is 2. The lowest BCUT2D eigenvalue weighted by molar-refractivity contribution is -0.122. The van der Waals surface area contributed by atoms with E-state index in [1.807, 2.05) is 62.1 Å². The van der Waals surface area contributed by atoms with E-state index >= 15 is 0 Å². The molecule has 0 unspecified atom stereocenters. The second-order valence-electron chi connectivity index (χ2n) is 11.4. The maximum atomic E-state index is 13.0. The van der Waals surface area contributed by atoms with Crippen molar-refractivity contribution in [3.8, 4) is 17.2 Å². The first-order valence-corrected chi connectivity index (χ1v) is 13.3. The minimum atomic E-state index is -0.326. The second-order valence-corrected chi connectivity index (χ2v) is 11.4. The molecular weight excluding hydrogens is 472 g/mol. The fourth-order valence-electron chi connectivity index (χ4n) is 5.37. The van der Waals surface area contributed by atoms with Gasteiger partial charge in [-0.1, -0.05) is 54.6 Å². The average molecular weight is 507 g/mol. The minimum absolute atomic E-state index is 0.00952. The van der Waals surface area contributed by atoms with Crippen LogP contribution >= 0.6 is 0 Å². The smallest absolute Gasteiger partial charge is 0.318 e. The van der Waals surface area contributed by atoms with Gasteiger partial charge in [-0.3, -0.25) is 4.79 Å². The van der Waals surface area contributed by atoms with E-state index in [9.17, 15) is 14.9 Å². The van der Waals surface area contributed by atoms with E-state index in [1.54, 1.807) is 6.07 Å². The van der Waals surface area contributed by atoms with Crippen LogP contribution in [-0.2, 0) is 24.3 Å². The Kier molecular flexibility index (Phi) is 6.94. The number of urea groups is 1. The van der Waals surface area contributed by atoms with Gasteiger partial charge in [-0.05, 0) is 85.0 Å². The van der Waals surface area contributed by atoms with Crippen LogP contribution in [0.3, 0.4) is 0 Å². The molecule has 0 radical (unpaired) electrons. The van der Waals surface area contributed by atoms with Crippen molar-refractivity contribution in [2.75, 3.05) is 6.54 Å². The van der Waals surface area contributed by atoms with E-state index in [0.29, 0.717) is 31.6 Å². The van der Waals surface area contributed by atoms with Crippen molar-refractivity contribution in [2.45, 2.75) is 58.2 Å². The Hall–Kier alpha value is -4.11. The third kappa shape index (κ3) is 5.57. The van der Waals surface area contributed by atoms with Gasteiger partial charge in [0.1, 0.15) is 0 Å². The van der Waals surface area contributed by atoms with Crippen molar-refractivity contribution in [1.82, 2.24) is 15.5 Å². The Morgan fingerprint density at radius 3 is 2.55 bits per heavy atom. The van der Waals surface area contributed by atoms with Gasteiger partial charge in [0.05, 0.1) is 11.6 Å². The number of hydrogen-bond acceptors (Lipinski definition) is 3. The van der Waals surface area contributed by atoms with Crippen molar-refractivity contribution in [2.24, 2.45) is 5.92 Å². The molecule has 2 aliphatic rings. The van der Waals surface area contributed by atoms with E-state index in [4.69, 9.17) is 0 Å². The summed E-state index contributed by atoms with van der Waals surface area (Å²) in [5.41, 5.74) is 6.87. The first kappa shape index (κ1) is 25.5. The normalized spacial score (nSPS) is 18.2. The van der Waals surface area contributed by atoms with Crippen LogP contribution < -0.4 is 10.6 Å². The monoisotopic (exact) mass is 506 g/mol. The lowest BCUT2D eigenvalue weighted by atomic mass is 9.87. The highest BCUT2D eigenvalue weighted by molar-refractivity contribution is 5.83. The molecule has 5 rings (SSSR count). The van der Waals surface area contributed by atoms with Crippen molar-refractivity contribution in [3.63, 3.8) is 0 Å². The van der Waals surface area contributed by atoms with Gasteiger partial charge in [0.25, 0.3) is 0 Å². The van der Waals surface area contributed by atoms with Crippen LogP contribution in [0.15, 0.2) is 66.7 Å². The van der Waals surface area contributed by atoms with Crippen LogP contribution in [0.2, 0.25) is 0 Å². The summed E-state index contributed by atoms with van der Waals surface area (Å²) in [6.45, 7) is 7.44. The molecule has 1 fully saturated rings. The number of nitrogens with one attached hydrogen (secondary N) is 2. The lowest BCUT2D eigenvalue weighted by Crippen LogP contribution is -2.50. The highest BCUT2D eigenvalue weighted by Crippen LogP contribution is 2.47. The zero-order valence-corrected chi connectivity index (χ0v) is 22.3. The predicted octanol–water partition coefficient (Wildman–Crippen LogP) is 5.51. The van der Waals surface area contributed by atoms with E-state index in [1.165, 1.54) is 11.1 Å². The van der Waals surface area contributed by atoms with Crippen molar-refractivity contribution < 1.29 is 9.59 Å². The molecule has 2 atom stereocenters. The van der Waals surface area contributed by atoms with Gasteiger partial charge in [0.15, 0.2) is 0 Å². The molecule has 3 aromatic carbocycles. The number of carbonyl (C=O) groups is 2. The molecule has 1 aliphatic carbocycles. The van der Waals surface area contributed by atoms with Gasteiger partial charge in [-0.2, -0.15) is 5.26 Å². The molecule has 1 aliphatic heterocycles. The molecule has 2 N–H and O–H groups in total. The zero-order valence-electron chi connectivity index (χ0n) is 22.3.